The lowest BCUT2D eigenvalue weighted by atomic mass is 10.1. The van der Waals surface area contributed by atoms with E-state index in [4.69, 9.17) is 5.11 Å². The number of β-amino-alcohol motifs (C(OH)–C–C–N with tert-alkyl or cyclic N) is 1. The Balaban J connectivity index is 1.46. The summed E-state index contributed by atoms with van der Waals surface area (Å²) in [6.45, 7) is 4.45. The van der Waals surface area contributed by atoms with E-state index >= 15 is 0 Å². The van der Waals surface area contributed by atoms with Gasteiger partial charge in [-0.05, 0) is 24.6 Å². The van der Waals surface area contributed by atoms with E-state index in [1.807, 2.05) is 0 Å². The third-order valence-corrected chi connectivity index (χ3v) is 5.76. The predicted molar refractivity (Wildman–Crippen MR) is 104 cm³/mol. The Kier molecular flexibility index (Phi) is 5.59. The summed E-state index contributed by atoms with van der Waals surface area (Å²) in [6.07, 6.45) is 1.60. The molecule has 0 spiro atoms. The predicted octanol–water partition coefficient (Wildman–Crippen LogP) is 0.456. The number of hydrogen-bond acceptors (Lipinski definition) is 6. The molecule has 0 aliphatic carbocycles. The SMILES string of the molecule is O=C(O)c1cccc(C(=O)N2CCC(c3nnc4n3CCN(CCO)CC4)C2)c1. The summed E-state index contributed by atoms with van der Waals surface area (Å²) in [7, 11) is 0. The highest BCUT2D eigenvalue weighted by molar-refractivity contribution is 5.97. The van der Waals surface area contributed by atoms with Crippen molar-refractivity contribution in [3.05, 3.63) is 47.0 Å². The van der Waals surface area contributed by atoms with Gasteiger partial charge in [-0.3, -0.25) is 9.69 Å². The largest absolute Gasteiger partial charge is 0.478 e. The highest BCUT2D eigenvalue weighted by Crippen LogP contribution is 2.28. The monoisotopic (exact) mass is 399 g/mol. The molecule has 2 aromatic rings. The molecule has 1 amide bonds. The second kappa shape index (κ2) is 8.30. The quantitative estimate of drug-likeness (QED) is 0.751. The molecule has 2 N–H and O–H groups in total. The number of aromatic carboxylic acids is 1. The molecule has 9 heteroatoms. The van der Waals surface area contributed by atoms with E-state index in [0.29, 0.717) is 25.2 Å². The summed E-state index contributed by atoms with van der Waals surface area (Å²) in [6, 6.07) is 6.16. The van der Waals surface area contributed by atoms with Crippen LogP contribution in [0, 0.1) is 0 Å². The van der Waals surface area contributed by atoms with E-state index in [1.165, 1.54) is 12.1 Å². The lowest BCUT2D eigenvalue weighted by Crippen LogP contribution is -2.30. The number of aromatic nitrogens is 3. The van der Waals surface area contributed by atoms with Gasteiger partial charge in [-0.2, -0.15) is 0 Å². The second-order valence-electron chi connectivity index (χ2n) is 7.56. The Labute approximate surface area is 168 Å². The maximum atomic E-state index is 12.9. The maximum absolute atomic E-state index is 12.9. The van der Waals surface area contributed by atoms with Crippen LogP contribution in [0.25, 0.3) is 0 Å². The van der Waals surface area contributed by atoms with E-state index in [9.17, 15) is 14.7 Å². The number of aliphatic hydroxyl groups is 1. The molecule has 1 unspecified atom stereocenters. The summed E-state index contributed by atoms with van der Waals surface area (Å²) >= 11 is 0. The number of hydrogen-bond donors (Lipinski definition) is 2. The number of carboxylic acids is 1. The van der Waals surface area contributed by atoms with Crippen LogP contribution in [0.4, 0.5) is 0 Å². The van der Waals surface area contributed by atoms with Gasteiger partial charge in [-0.1, -0.05) is 6.07 Å². The molecule has 9 nitrogen and oxygen atoms in total. The van der Waals surface area contributed by atoms with Gasteiger partial charge in [-0.25, -0.2) is 4.79 Å². The molecule has 2 aliphatic heterocycles. The molecule has 1 aromatic heterocycles. The number of benzene rings is 1. The molecule has 1 fully saturated rings. The number of nitrogens with zero attached hydrogens (tertiary/aromatic N) is 5. The summed E-state index contributed by atoms with van der Waals surface area (Å²) in [5.74, 6) is 0.799. The zero-order chi connectivity index (χ0) is 20.4. The Morgan fingerprint density at radius 3 is 2.72 bits per heavy atom. The van der Waals surface area contributed by atoms with Crippen LogP contribution >= 0.6 is 0 Å². The lowest BCUT2D eigenvalue weighted by Gasteiger charge is -2.19. The van der Waals surface area contributed by atoms with Crippen LogP contribution in [-0.4, -0.2) is 86.0 Å². The van der Waals surface area contributed by atoms with Crippen molar-refractivity contribution in [2.24, 2.45) is 0 Å². The topological polar surface area (TPSA) is 112 Å². The average molecular weight is 399 g/mol. The molecule has 1 saturated heterocycles. The van der Waals surface area contributed by atoms with E-state index in [-0.39, 0.29) is 24.0 Å². The molecule has 0 saturated carbocycles. The van der Waals surface area contributed by atoms with Crippen LogP contribution in [-0.2, 0) is 13.0 Å². The van der Waals surface area contributed by atoms with Crippen LogP contribution in [0.3, 0.4) is 0 Å². The van der Waals surface area contributed by atoms with Gasteiger partial charge in [0.1, 0.15) is 11.6 Å². The van der Waals surface area contributed by atoms with Gasteiger partial charge >= 0.3 is 5.97 Å². The fourth-order valence-electron chi connectivity index (χ4n) is 4.18. The third kappa shape index (κ3) is 4.01. The first-order chi connectivity index (χ1) is 14.1. The van der Waals surface area contributed by atoms with E-state index < -0.39 is 5.97 Å². The molecule has 29 heavy (non-hydrogen) atoms. The second-order valence-corrected chi connectivity index (χ2v) is 7.56. The van der Waals surface area contributed by atoms with Crippen molar-refractivity contribution in [1.82, 2.24) is 24.6 Å². The van der Waals surface area contributed by atoms with Crippen molar-refractivity contribution in [2.45, 2.75) is 25.3 Å². The minimum atomic E-state index is -1.04. The molecule has 0 radical (unpaired) electrons. The minimum absolute atomic E-state index is 0.113. The Morgan fingerprint density at radius 2 is 1.93 bits per heavy atom. The molecule has 1 aromatic carbocycles. The molecule has 154 valence electrons. The molecule has 2 aliphatic rings. The third-order valence-electron chi connectivity index (χ3n) is 5.76. The molecular formula is C20H25N5O4. The van der Waals surface area contributed by atoms with Crippen LogP contribution < -0.4 is 0 Å². The van der Waals surface area contributed by atoms with Crippen molar-refractivity contribution in [3.63, 3.8) is 0 Å². The molecular weight excluding hydrogens is 374 g/mol. The van der Waals surface area contributed by atoms with Crippen molar-refractivity contribution in [1.29, 1.82) is 0 Å². The van der Waals surface area contributed by atoms with Crippen LogP contribution in [0.1, 0.15) is 44.7 Å². The van der Waals surface area contributed by atoms with Crippen molar-refractivity contribution in [3.8, 4) is 0 Å². The number of aliphatic hydroxyl groups excluding tert-OH is 1. The highest BCUT2D eigenvalue weighted by atomic mass is 16.4. The van der Waals surface area contributed by atoms with E-state index in [0.717, 1.165) is 44.1 Å². The number of amides is 1. The first kappa shape index (κ1) is 19.5. The van der Waals surface area contributed by atoms with Crippen molar-refractivity contribution < 1.29 is 19.8 Å². The number of carbonyl (C=O) groups is 2. The first-order valence-corrected chi connectivity index (χ1v) is 9.94. The van der Waals surface area contributed by atoms with Gasteiger partial charge < -0.3 is 19.7 Å². The lowest BCUT2D eigenvalue weighted by molar-refractivity contribution is 0.0697. The Morgan fingerprint density at radius 1 is 1.10 bits per heavy atom. The van der Waals surface area contributed by atoms with Gasteiger partial charge in [0.2, 0.25) is 0 Å². The standard InChI is InChI=1S/C20H25N5O4/c26-11-10-23-6-5-17-21-22-18(25(17)9-8-23)16-4-7-24(13-16)19(27)14-2-1-3-15(12-14)20(28)29/h1-3,12,16,26H,4-11,13H2,(H,28,29). The number of carboxylic acid groups (broad SMARTS) is 1. The van der Waals surface area contributed by atoms with Crippen LogP contribution in [0.5, 0.6) is 0 Å². The molecule has 3 heterocycles. The zero-order valence-electron chi connectivity index (χ0n) is 16.2. The highest BCUT2D eigenvalue weighted by Gasteiger charge is 2.32. The van der Waals surface area contributed by atoms with Gasteiger partial charge in [0.15, 0.2) is 0 Å². The fourth-order valence-corrected chi connectivity index (χ4v) is 4.18. The molecule has 0 bridgehead atoms. The Hall–Kier alpha value is -2.78. The summed E-state index contributed by atoms with van der Waals surface area (Å²) in [5, 5.41) is 27.1. The molecule has 1 atom stereocenters. The van der Waals surface area contributed by atoms with Crippen LogP contribution in [0.15, 0.2) is 24.3 Å². The minimum Gasteiger partial charge on any atom is -0.478 e. The maximum Gasteiger partial charge on any atom is 0.335 e. The van der Waals surface area contributed by atoms with Crippen molar-refractivity contribution in [2.75, 3.05) is 39.3 Å². The number of rotatable bonds is 5. The van der Waals surface area contributed by atoms with Gasteiger partial charge in [-0.15, -0.1) is 10.2 Å². The zero-order valence-corrected chi connectivity index (χ0v) is 16.2. The average Bonchev–Trinajstić information content (AvgIpc) is 3.32. The summed E-state index contributed by atoms with van der Waals surface area (Å²) in [5.41, 5.74) is 0.507. The van der Waals surface area contributed by atoms with Gasteiger partial charge in [0, 0.05) is 57.2 Å². The van der Waals surface area contributed by atoms with Gasteiger partial charge in [0.25, 0.3) is 5.91 Å². The first-order valence-electron chi connectivity index (χ1n) is 9.94. The smallest absolute Gasteiger partial charge is 0.335 e. The Bertz CT molecular complexity index is 912. The summed E-state index contributed by atoms with van der Waals surface area (Å²) < 4.78 is 2.17. The number of fused-ring (bicyclic) bond motifs is 1. The number of carbonyl (C=O) groups excluding carboxylic acids is 1. The number of likely N-dealkylation sites (tertiary alicyclic amines) is 1. The van der Waals surface area contributed by atoms with Gasteiger partial charge in [0.05, 0.1) is 12.2 Å². The fraction of sp³-hybridized carbons (Fsp3) is 0.500. The van der Waals surface area contributed by atoms with E-state index in [2.05, 4.69) is 19.7 Å². The van der Waals surface area contributed by atoms with E-state index in [1.54, 1.807) is 17.0 Å². The normalized spacial score (nSPS) is 19.8. The van der Waals surface area contributed by atoms with Crippen LogP contribution in [0.2, 0.25) is 0 Å². The summed E-state index contributed by atoms with van der Waals surface area (Å²) in [4.78, 5) is 28.0. The molecule has 4 rings (SSSR count). The van der Waals surface area contributed by atoms with Crippen molar-refractivity contribution >= 4 is 11.9 Å².